The lowest BCUT2D eigenvalue weighted by Gasteiger charge is -2.37. The largest absolute Gasteiger partial charge is 0.493 e. The Labute approximate surface area is 220 Å². The van der Waals surface area contributed by atoms with Crippen molar-refractivity contribution in [2.45, 2.75) is 31.6 Å². The quantitative estimate of drug-likeness (QED) is 0.499. The van der Waals surface area contributed by atoms with E-state index in [1.807, 2.05) is 32.0 Å². The smallest absolute Gasteiger partial charge is 0.336 e. The highest BCUT2D eigenvalue weighted by molar-refractivity contribution is 9.10. The highest BCUT2D eigenvalue weighted by Crippen LogP contribution is 2.49. The molecule has 1 heterocycles. The summed E-state index contributed by atoms with van der Waals surface area (Å²) in [4.78, 5) is 28.8. The molecular formula is C28H31BrN2O5. The van der Waals surface area contributed by atoms with Gasteiger partial charge in [0, 0.05) is 53.6 Å². The van der Waals surface area contributed by atoms with Gasteiger partial charge in [-0.05, 0) is 54.7 Å². The summed E-state index contributed by atoms with van der Waals surface area (Å²) in [6.07, 6.45) is 1.02. The summed E-state index contributed by atoms with van der Waals surface area (Å²) in [5, 5.41) is 3.37. The third-order valence-electron chi connectivity index (χ3n) is 6.93. The number of ether oxygens (including phenoxy) is 3. The zero-order valence-electron chi connectivity index (χ0n) is 21.4. The minimum absolute atomic E-state index is 0.00558. The Morgan fingerprint density at radius 2 is 1.67 bits per heavy atom. The topological polar surface area (TPSA) is 77.1 Å². The Morgan fingerprint density at radius 3 is 2.25 bits per heavy atom. The van der Waals surface area contributed by atoms with Gasteiger partial charge in [-0.25, -0.2) is 4.79 Å². The first-order valence-corrected chi connectivity index (χ1v) is 12.5. The van der Waals surface area contributed by atoms with Gasteiger partial charge in [0.15, 0.2) is 17.3 Å². The number of benzene rings is 2. The molecule has 2 aromatic rings. The number of Topliss-reactive ketones (excluding diaryl/α,β-unsaturated/α-hetero) is 1. The van der Waals surface area contributed by atoms with Crippen molar-refractivity contribution >= 4 is 33.4 Å². The first-order chi connectivity index (χ1) is 17.2. The fraction of sp³-hybridized carbons (Fsp3) is 0.357. The Bertz CT molecular complexity index is 1260. The van der Waals surface area contributed by atoms with Crippen LogP contribution in [0.5, 0.6) is 11.5 Å². The Balaban J connectivity index is 1.82. The number of ketones is 1. The van der Waals surface area contributed by atoms with E-state index >= 15 is 0 Å². The molecule has 1 aliphatic carbocycles. The van der Waals surface area contributed by atoms with Gasteiger partial charge in [0.1, 0.15) is 0 Å². The lowest BCUT2D eigenvalue weighted by molar-refractivity contribution is -0.136. The van der Waals surface area contributed by atoms with Crippen LogP contribution in [0.1, 0.15) is 42.7 Å². The van der Waals surface area contributed by atoms with Gasteiger partial charge in [0.25, 0.3) is 0 Å². The molecule has 4 rings (SSSR count). The summed E-state index contributed by atoms with van der Waals surface area (Å²) in [6, 6.07) is 11.9. The predicted octanol–water partition coefficient (Wildman–Crippen LogP) is 5.07. The van der Waals surface area contributed by atoms with Crippen molar-refractivity contribution in [1.82, 2.24) is 5.32 Å². The summed E-state index contributed by atoms with van der Waals surface area (Å²) < 4.78 is 16.8. The second kappa shape index (κ2) is 10.4. The lowest BCUT2D eigenvalue weighted by atomic mass is 9.71. The molecule has 8 heteroatoms. The highest BCUT2D eigenvalue weighted by atomic mass is 79.9. The van der Waals surface area contributed by atoms with Crippen molar-refractivity contribution < 1.29 is 23.8 Å². The number of carbonyl (C=O) groups excluding carboxylic acids is 2. The van der Waals surface area contributed by atoms with E-state index in [0.717, 1.165) is 22.5 Å². The number of nitrogens with zero attached hydrogens (tertiary/aromatic N) is 1. The minimum Gasteiger partial charge on any atom is -0.493 e. The molecule has 2 aromatic carbocycles. The van der Waals surface area contributed by atoms with Gasteiger partial charge in [-0.15, -0.1) is 0 Å². The van der Waals surface area contributed by atoms with Crippen LogP contribution in [0.4, 0.5) is 5.69 Å². The van der Waals surface area contributed by atoms with E-state index in [9.17, 15) is 9.59 Å². The molecule has 0 bridgehead atoms. The zero-order chi connectivity index (χ0) is 26.1. The van der Waals surface area contributed by atoms with Crippen molar-refractivity contribution in [3.63, 3.8) is 0 Å². The monoisotopic (exact) mass is 554 g/mol. The molecule has 0 saturated carbocycles. The van der Waals surface area contributed by atoms with Crippen LogP contribution in [0.25, 0.3) is 0 Å². The number of hydrogen-bond acceptors (Lipinski definition) is 7. The molecule has 36 heavy (non-hydrogen) atoms. The van der Waals surface area contributed by atoms with E-state index < -0.39 is 11.9 Å². The molecular weight excluding hydrogens is 524 g/mol. The molecule has 0 radical (unpaired) electrons. The van der Waals surface area contributed by atoms with Crippen molar-refractivity contribution in [1.29, 1.82) is 0 Å². The highest BCUT2D eigenvalue weighted by Gasteiger charge is 2.42. The second-order valence-electron chi connectivity index (χ2n) is 9.22. The number of rotatable bonds is 6. The zero-order valence-corrected chi connectivity index (χ0v) is 23.0. The molecule has 2 atom stereocenters. The number of carbonyl (C=O) groups is 2. The molecule has 190 valence electrons. The molecule has 2 aliphatic rings. The Kier molecular flexibility index (Phi) is 7.45. The van der Waals surface area contributed by atoms with Gasteiger partial charge in [-0.2, -0.15) is 0 Å². The number of methoxy groups -OCH3 is 3. The fourth-order valence-electron chi connectivity index (χ4n) is 5.10. The van der Waals surface area contributed by atoms with E-state index in [-0.39, 0.29) is 11.7 Å². The van der Waals surface area contributed by atoms with Crippen LogP contribution in [0.2, 0.25) is 0 Å². The number of halogens is 1. The number of anilines is 1. The molecule has 0 saturated heterocycles. The van der Waals surface area contributed by atoms with Crippen LogP contribution in [0.3, 0.4) is 0 Å². The Morgan fingerprint density at radius 1 is 1.03 bits per heavy atom. The number of esters is 1. The van der Waals surface area contributed by atoms with Gasteiger partial charge in [-0.3, -0.25) is 4.79 Å². The average Bonchev–Trinajstić information content (AvgIpc) is 2.87. The van der Waals surface area contributed by atoms with Crippen molar-refractivity contribution in [3.05, 3.63) is 74.5 Å². The summed E-state index contributed by atoms with van der Waals surface area (Å²) in [6.45, 7) is 1.84. The van der Waals surface area contributed by atoms with Gasteiger partial charge in [0.05, 0.1) is 26.9 Å². The van der Waals surface area contributed by atoms with Crippen molar-refractivity contribution in [2.75, 3.05) is 40.3 Å². The van der Waals surface area contributed by atoms with E-state index in [1.54, 1.807) is 20.3 Å². The minimum atomic E-state index is -0.604. The number of allylic oxidation sites excluding steroid dienone is 3. The number of hydrogen-bond donors (Lipinski definition) is 1. The Hall–Kier alpha value is -3.26. The molecule has 0 amide bonds. The molecule has 1 aliphatic heterocycles. The van der Waals surface area contributed by atoms with Gasteiger partial charge < -0.3 is 24.4 Å². The predicted molar refractivity (Wildman–Crippen MR) is 143 cm³/mol. The van der Waals surface area contributed by atoms with Crippen molar-refractivity contribution in [3.8, 4) is 11.5 Å². The van der Waals surface area contributed by atoms with Crippen LogP contribution in [-0.4, -0.2) is 47.2 Å². The SMILES string of the molecule is COC(=O)C1=C(C)NC2=C(C(=O)C[C@@H](c3ccc(N(C)C)cc3)C2)[C@@H]1c1cc(OC)c(OC)cc1Br. The lowest BCUT2D eigenvalue weighted by Crippen LogP contribution is -2.36. The number of nitrogens with one attached hydrogen (secondary N) is 1. The first kappa shape index (κ1) is 25.8. The fourth-order valence-corrected chi connectivity index (χ4v) is 5.65. The van der Waals surface area contributed by atoms with E-state index in [1.165, 1.54) is 7.11 Å². The van der Waals surface area contributed by atoms with Crippen LogP contribution in [0.15, 0.2) is 63.4 Å². The maximum Gasteiger partial charge on any atom is 0.336 e. The summed E-state index contributed by atoms with van der Waals surface area (Å²) in [5.74, 6) is 0.0287. The summed E-state index contributed by atoms with van der Waals surface area (Å²) in [7, 11) is 8.48. The summed E-state index contributed by atoms with van der Waals surface area (Å²) >= 11 is 3.64. The van der Waals surface area contributed by atoms with Crippen LogP contribution < -0.4 is 19.7 Å². The standard InChI is InChI=1S/C28H31BrN2O5/c1-15-25(28(33)36-6)26(19-13-23(34-4)24(35-5)14-20(19)29)27-21(30-15)11-17(12-22(27)32)16-7-9-18(10-8-16)31(2)3/h7-10,13-14,17,26,30H,11-12H2,1-6H3/t17-,26+/m0/s1. The normalized spacial score (nSPS) is 19.5. The maximum absolute atomic E-state index is 13.8. The first-order valence-electron chi connectivity index (χ1n) is 11.7. The average molecular weight is 555 g/mol. The molecule has 0 aromatic heterocycles. The number of dihydropyridines is 1. The molecule has 1 N–H and O–H groups in total. The third-order valence-corrected chi connectivity index (χ3v) is 7.61. The van der Waals surface area contributed by atoms with Gasteiger partial charge in [-0.1, -0.05) is 28.1 Å². The van der Waals surface area contributed by atoms with Gasteiger partial charge >= 0.3 is 5.97 Å². The van der Waals surface area contributed by atoms with Gasteiger partial charge in [0.2, 0.25) is 0 Å². The third kappa shape index (κ3) is 4.62. The van der Waals surface area contributed by atoms with E-state index in [2.05, 4.69) is 45.5 Å². The van der Waals surface area contributed by atoms with Crippen LogP contribution in [-0.2, 0) is 14.3 Å². The van der Waals surface area contributed by atoms with E-state index in [4.69, 9.17) is 14.2 Å². The molecule has 0 unspecified atom stereocenters. The van der Waals surface area contributed by atoms with E-state index in [0.29, 0.717) is 45.7 Å². The van der Waals surface area contributed by atoms with Crippen molar-refractivity contribution in [2.24, 2.45) is 0 Å². The molecule has 7 nitrogen and oxygen atoms in total. The second-order valence-corrected chi connectivity index (χ2v) is 10.1. The van der Waals surface area contributed by atoms with Crippen LogP contribution >= 0.6 is 15.9 Å². The molecule has 0 spiro atoms. The summed E-state index contributed by atoms with van der Waals surface area (Å²) in [5.41, 5.74) is 5.47. The molecule has 0 fully saturated rings. The van der Waals surface area contributed by atoms with Crippen LogP contribution in [0, 0.1) is 0 Å². The maximum atomic E-state index is 13.8.